The van der Waals surface area contributed by atoms with Crippen LogP contribution in [0.1, 0.15) is 40.9 Å². The number of hydrogen-bond acceptors (Lipinski definition) is 5. The summed E-state index contributed by atoms with van der Waals surface area (Å²) in [5, 5.41) is 0.805. The molecule has 6 nitrogen and oxygen atoms in total. The van der Waals surface area contributed by atoms with Gasteiger partial charge in [0.1, 0.15) is 12.4 Å². The second kappa shape index (κ2) is 10.5. The third-order valence-corrected chi connectivity index (χ3v) is 6.01. The Hall–Kier alpha value is -3.38. The molecule has 172 valence electrons. The maximum atomic E-state index is 13.2. The van der Waals surface area contributed by atoms with Crippen molar-refractivity contribution in [3.8, 4) is 5.75 Å². The summed E-state index contributed by atoms with van der Waals surface area (Å²) < 4.78 is 18.2. The average Bonchev–Trinajstić information content (AvgIpc) is 3.13. The summed E-state index contributed by atoms with van der Waals surface area (Å²) in [5.41, 5.74) is 3.15. The van der Waals surface area contributed by atoms with Crippen LogP contribution in [0.3, 0.4) is 0 Å². The quantitative estimate of drug-likeness (QED) is 0.378. The van der Waals surface area contributed by atoms with Crippen LogP contribution in [0.4, 0.5) is 0 Å². The molecule has 1 aliphatic rings. The van der Waals surface area contributed by atoms with Gasteiger partial charge in [0.25, 0.3) is 5.91 Å². The number of methoxy groups -OCH3 is 1. The third kappa shape index (κ3) is 5.34. The maximum absolute atomic E-state index is 13.2. The van der Waals surface area contributed by atoms with Crippen molar-refractivity contribution in [2.75, 3.05) is 20.3 Å². The number of carbonyl (C=O) groups excluding carboxylic acids is 2. The van der Waals surface area contributed by atoms with Crippen LogP contribution in [0.2, 0.25) is 0 Å². The van der Waals surface area contributed by atoms with Crippen LogP contribution >= 0.6 is 0 Å². The Kier molecular flexibility index (Phi) is 7.25. The van der Waals surface area contributed by atoms with Gasteiger partial charge in [-0.1, -0.05) is 30.3 Å². The van der Waals surface area contributed by atoms with E-state index in [1.807, 2.05) is 55.5 Å². The molecular formula is C27H29NO5. The number of benzene rings is 2. The van der Waals surface area contributed by atoms with Crippen LogP contribution in [-0.2, 0) is 20.7 Å². The van der Waals surface area contributed by atoms with Gasteiger partial charge in [0.05, 0.1) is 25.2 Å². The Bertz CT molecular complexity index is 1160. The molecular weight excluding hydrogens is 418 g/mol. The second-order valence-corrected chi connectivity index (χ2v) is 8.21. The van der Waals surface area contributed by atoms with Crippen LogP contribution in [-0.4, -0.2) is 42.9 Å². The van der Waals surface area contributed by atoms with Gasteiger partial charge in [-0.05, 0) is 61.6 Å². The first-order valence-electron chi connectivity index (χ1n) is 11.3. The lowest BCUT2D eigenvalue weighted by atomic mass is 10.1. The Balaban J connectivity index is 1.60. The van der Waals surface area contributed by atoms with Crippen molar-refractivity contribution >= 4 is 28.9 Å². The van der Waals surface area contributed by atoms with Gasteiger partial charge >= 0.3 is 5.97 Å². The fraction of sp³-hybridized carbons (Fsp3) is 0.333. The number of fused-ring (bicyclic) bond motifs is 1. The highest BCUT2D eigenvalue weighted by molar-refractivity contribution is 6.03. The minimum atomic E-state index is -0.332. The topological polar surface area (TPSA) is 66.8 Å². The molecule has 0 spiro atoms. The van der Waals surface area contributed by atoms with Gasteiger partial charge in [0.2, 0.25) is 0 Å². The zero-order valence-electron chi connectivity index (χ0n) is 19.1. The van der Waals surface area contributed by atoms with Crippen LogP contribution in [0.25, 0.3) is 17.0 Å². The van der Waals surface area contributed by atoms with Crippen LogP contribution in [0, 0.1) is 6.92 Å². The van der Waals surface area contributed by atoms with Gasteiger partial charge < -0.3 is 14.2 Å². The molecule has 0 bridgehead atoms. The molecule has 1 saturated heterocycles. The van der Waals surface area contributed by atoms with Crippen molar-refractivity contribution < 1.29 is 23.8 Å². The van der Waals surface area contributed by atoms with E-state index in [4.69, 9.17) is 14.2 Å². The number of carbonyl (C=O) groups is 2. The molecule has 4 rings (SSSR count). The molecule has 0 radical (unpaired) electrons. The Labute approximate surface area is 193 Å². The second-order valence-electron chi connectivity index (χ2n) is 8.21. The third-order valence-electron chi connectivity index (χ3n) is 6.01. The summed E-state index contributed by atoms with van der Waals surface area (Å²) in [6, 6.07) is 15.2. The van der Waals surface area contributed by atoms with Crippen molar-refractivity contribution in [1.29, 1.82) is 0 Å². The number of aromatic nitrogens is 1. The van der Waals surface area contributed by atoms with E-state index in [1.54, 1.807) is 23.8 Å². The lowest BCUT2D eigenvalue weighted by molar-refractivity contribution is -0.148. The van der Waals surface area contributed by atoms with Crippen molar-refractivity contribution in [2.45, 2.75) is 38.7 Å². The van der Waals surface area contributed by atoms with Gasteiger partial charge in [0, 0.05) is 23.8 Å². The number of esters is 1. The van der Waals surface area contributed by atoms with E-state index in [-0.39, 0.29) is 31.0 Å². The molecule has 1 aromatic heterocycles. The molecule has 3 aromatic rings. The van der Waals surface area contributed by atoms with Crippen molar-refractivity contribution in [1.82, 2.24) is 4.57 Å². The van der Waals surface area contributed by atoms with Crippen molar-refractivity contribution in [2.24, 2.45) is 0 Å². The number of nitrogens with zero attached hydrogens (tertiary/aromatic N) is 1. The Morgan fingerprint density at radius 1 is 1.15 bits per heavy atom. The predicted molar refractivity (Wildman–Crippen MR) is 128 cm³/mol. The van der Waals surface area contributed by atoms with Crippen molar-refractivity contribution in [3.05, 3.63) is 71.4 Å². The summed E-state index contributed by atoms with van der Waals surface area (Å²) in [5.74, 6) is 0.153. The van der Waals surface area contributed by atoms with Crippen LogP contribution < -0.4 is 4.74 Å². The number of hydrogen-bond donors (Lipinski definition) is 0. The summed E-state index contributed by atoms with van der Waals surface area (Å²) in [7, 11) is 1.59. The SMILES string of the molecule is COc1ccc2c(c1)c(CC(=O)OCC1CCCCO1)c(C)n2C(=O)C=Cc1ccccc1. The Morgan fingerprint density at radius 3 is 2.70 bits per heavy atom. The largest absolute Gasteiger partial charge is 0.497 e. The summed E-state index contributed by atoms with van der Waals surface area (Å²) >= 11 is 0. The predicted octanol–water partition coefficient (Wildman–Crippen LogP) is 4.97. The van der Waals surface area contributed by atoms with E-state index >= 15 is 0 Å². The van der Waals surface area contributed by atoms with E-state index in [9.17, 15) is 9.59 Å². The monoisotopic (exact) mass is 447 g/mol. The first-order valence-corrected chi connectivity index (χ1v) is 11.3. The molecule has 1 fully saturated rings. The van der Waals surface area contributed by atoms with E-state index in [0.717, 1.165) is 41.3 Å². The van der Waals surface area contributed by atoms with E-state index in [0.29, 0.717) is 18.1 Å². The molecule has 1 atom stereocenters. The molecule has 33 heavy (non-hydrogen) atoms. The number of rotatable bonds is 7. The zero-order valence-corrected chi connectivity index (χ0v) is 19.1. The van der Waals surface area contributed by atoms with Gasteiger partial charge in [-0.2, -0.15) is 0 Å². The standard InChI is InChI=1S/C27H29NO5/c1-19-23(17-27(30)33-18-22-10-6-7-15-32-22)24-16-21(31-2)12-13-25(24)28(19)26(29)14-11-20-8-4-3-5-9-20/h3-5,8-9,11-14,16,22H,6-7,10,15,17-18H2,1-2H3. The van der Waals surface area contributed by atoms with E-state index in [1.165, 1.54) is 0 Å². The molecule has 1 aliphatic heterocycles. The number of ether oxygens (including phenoxy) is 3. The molecule has 2 aromatic carbocycles. The molecule has 0 amide bonds. The number of allylic oxidation sites excluding steroid dienone is 1. The lowest BCUT2D eigenvalue weighted by Gasteiger charge is -2.22. The Morgan fingerprint density at radius 2 is 1.97 bits per heavy atom. The smallest absolute Gasteiger partial charge is 0.310 e. The first kappa shape index (κ1) is 22.8. The van der Waals surface area contributed by atoms with E-state index < -0.39 is 0 Å². The van der Waals surface area contributed by atoms with Gasteiger partial charge in [0.15, 0.2) is 0 Å². The highest BCUT2D eigenvalue weighted by Gasteiger charge is 2.22. The van der Waals surface area contributed by atoms with Crippen molar-refractivity contribution in [3.63, 3.8) is 0 Å². The van der Waals surface area contributed by atoms with E-state index in [2.05, 4.69) is 0 Å². The molecule has 1 unspecified atom stereocenters. The van der Waals surface area contributed by atoms with Gasteiger partial charge in [-0.3, -0.25) is 14.2 Å². The fourth-order valence-corrected chi connectivity index (χ4v) is 4.22. The highest BCUT2D eigenvalue weighted by atomic mass is 16.6. The fourth-order valence-electron chi connectivity index (χ4n) is 4.22. The molecule has 6 heteroatoms. The van der Waals surface area contributed by atoms with Gasteiger partial charge in [-0.15, -0.1) is 0 Å². The zero-order chi connectivity index (χ0) is 23.2. The molecule has 0 saturated carbocycles. The molecule has 0 N–H and O–H groups in total. The minimum Gasteiger partial charge on any atom is -0.497 e. The van der Waals surface area contributed by atoms with Crippen LogP contribution in [0.15, 0.2) is 54.6 Å². The minimum absolute atomic E-state index is 0.0325. The maximum Gasteiger partial charge on any atom is 0.310 e. The summed E-state index contributed by atoms with van der Waals surface area (Å²) in [4.78, 5) is 25.8. The first-order chi connectivity index (χ1) is 16.1. The molecule has 0 aliphatic carbocycles. The van der Waals surface area contributed by atoms with Gasteiger partial charge in [-0.25, -0.2) is 0 Å². The average molecular weight is 448 g/mol. The highest BCUT2D eigenvalue weighted by Crippen LogP contribution is 2.30. The lowest BCUT2D eigenvalue weighted by Crippen LogP contribution is -2.26. The summed E-state index contributed by atoms with van der Waals surface area (Å²) in [6.45, 7) is 2.83. The van der Waals surface area contributed by atoms with Crippen LogP contribution in [0.5, 0.6) is 5.75 Å². The summed E-state index contributed by atoms with van der Waals surface area (Å²) in [6.07, 6.45) is 6.43. The normalized spacial score (nSPS) is 16.2. The molecule has 2 heterocycles.